The molecule has 1 amide bonds. The van der Waals surface area contributed by atoms with E-state index in [0.29, 0.717) is 6.42 Å². The Bertz CT molecular complexity index is 1140. The zero-order valence-corrected chi connectivity index (χ0v) is 46.6. The van der Waals surface area contributed by atoms with Gasteiger partial charge in [0.1, 0.15) is 0 Å². The van der Waals surface area contributed by atoms with Crippen molar-refractivity contribution in [2.75, 3.05) is 6.61 Å². The van der Waals surface area contributed by atoms with Gasteiger partial charge < -0.3 is 15.5 Å². The minimum absolute atomic E-state index is 0.0731. The highest BCUT2D eigenvalue weighted by atomic mass is 16.3. The quantitative estimate of drug-likeness (QED) is 0.0420. The predicted octanol–water partition coefficient (Wildman–Crippen LogP) is 20.8. The second-order valence-corrected chi connectivity index (χ2v) is 21.1. The molecule has 404 valence electrons. The van der Waals surface area contributed by atoms with E-state index < -0.39 is 12.1 Å². The molecule has 0 saturated heterocycles. The van der Waals surface area contributed by atoms with Crippen molar-refractivity contribution in [3.63, 3.8) is 0 Å². The van der Waals surface area contributed by atoms with E-state index in [9.17, 15) is 15.0 Å². The van der Waals surface area contributed by atoms with E-state index in [1.54, 1.807) is 6.08 Å². The van der Waals surface area contributed by atoms with Gasteiger partial charge in [0.15, 0.2) is 0 Å². The second kappa shape index (κ2) is 60.4. The Labute approximate surface area is 432 Å². The molecule has 0 bridgehead atoms. The van der Waals surface area contributed by atoms with Gasteiger partial charge in [0.25, 0.3) is 0 Å². The van der Waals surface area contributed by atoms with Crippen LogP contribution in [0.2, 0.25) is 0 Å². The third-order valence-electron chi connectivity index (χ3n) is 14.2. The van der Waals surface area contributed by atoms with E-state index in [2.05, 4.69) is 67.8 Å². The Kier molecular flexibility index (Phi) is 58.7. The maximum absolute atomic E-state index is 12.5. The maximum Gasteiger partial charge on any atom is 0.220 e. The van der Waals surface area contributed by atoms with Gasteiger partial charge in [-0.2, -0.15) is 0 Å². The van der Waals surface area contributed by atoms with Crippen molar-refractivity contribution in [3.8, 4) is 0 Å². The van der Waals surface area contributed by atoms with Crippen molar-refractivity contribution in [2.45, 2.75) is 341 Å². The zero-order chi connectivity index (χ0) is 49.9. The highest BCUT2D eigenvalue weighted by Gasteiger charge is 2.18. The molecule has 69 heavy (non-hydrogen) atoms. The highest BCUT2D eigenvalue weighted by Crippen LogP contribution is 2.17. The third-order valence-corrected chi connectivity index (χ3v) is 14.2. The topological polar surface area (TPSA) is 69.6 Å². The van der Waals surface area contributed by atoms with Crippen molar-refractivity contribution in [1.82, 2.24) is 5.32 Å². The van der Waals surface area contributed by atoms with E-state index in [0.717, 1.165) is 44.9 Å². The van der Waals surface area contributed by atoms with Crippen LogP contribution < -0.4 is 5.32 Å². The Morgan fingerprint density at radius 2 is 0.609 bits per heavy atom. The first-order valence-electron chi connectivity index (χ1n) is 31.0. The summed E-state index contributed by atoms with van der Waals surface area (Å²) >= 11 is 0. The fourth-order valence-electron chi connectivity index (χ4n) is 9.48. The van der Waals surface area contributed by atoms with E-state index in [4.69, 9.17) is 0 Å². The molecule has 0 fully saturated rings. The third kappa shape index (κ3) is 56.9. The Morgan fingerprint density at radius 3 is 0.928 bits per heavy atom. The van der Waals surface area contributed by atoms with E-state index in [1.807, 2.05) is 6.08 Å². The molecule has 0 saturated carbocycles. The average Bonchev–Trinajstić information content (AvgIpc) is 3.35. The van der Waals surface area contributed by atoms with Gasteiger partial charge in [-0.1, -0.05) is 306 Å². The fourth-order valence-corrected chi connectivity index (χ4v) is 9.48. The number of carbonyl (C=O) groups excluding carboxylic acids is 1. The summed E-state index contributed by atoms with van der Waals surface area (Å²) in [5, 5.41) is 23.2. The largest absolute Gasteiger partial charge is 0.394 e. The lowest BCUT2D eigenvalue weighted by molar-refractivity contribution is -0.123. The molecule has 0 aliphatic carbocycles. The van der Waals surface area contributed by atoms with Gasteiger partial charge in [0, 0.05) is 6.42 Å². The number of allylic oxidation sites excluding steroid dienone is 9. The number of aliphatic hydroxyl groups excluding tert-OH is 2. The lowest BCUT2D eigenvalue weighted by Crippen LogP contribution is -2.45. The molecular weight excluding hydrogens is 843 g/mol. The number of hydrogen-bond acceptors (Lipinski definition) is 3. The van der Waals surface area contributed by atoms with Crippen LogP contribution in [0.4, 0.5) is 0 Å². The minimum atomic E-state index is -0.871. The highest BCUT2D eigenvalue weighted by molar-refractivity contribution is 5.76. The molecule has 0 aliphatic rings. The lowest BCUT2D eigenvalue weighted by atomic mass is 10.0. The van der Waals surface area contributed by atoms with Gasteiger partial charge in [-0.3, -0.25) is 4.79 Å². The monoisotopic (exact) mass is 964 g/mol. The standard InChI is InChI=1S/C65H121NO3/c1-3-5-7-9-11-13-15-17-19-21-23-25-26-27-28-29-30-31-32-33-34-35-36-37-38-39-40-41-43-45-47-49-51-53-55-57-59-61-65(69)66-63(62-67)64(68)60-58-56-54-52-50-48-46-44-42-24-22-20-18-16-14-12-10-8-6-4-2/h15,17,21,23,42,44,50,52,58,60,63-64,67-68H,3-14,16,18-20,22,24-41,43,45-49,51,53-57,59,61-62H2,1-2H3,(H,66,69)/b17-15-,23-21-,44-42+,52-50+,60-58+. The van der Waals surface area contributed by atoms with Crippen molar-refractivity contribution < 1.29 is 15.0 Å². The molecule has 0 spiro atoms. The van der Waals surface area contributed by atoms with Crippen molar-refractivity contribution in [1.29, 1.82) is 0 Å². The Morgan fingerprint density at radius 1 is 0.348 bits per heavy atom. The van der Waals surface area contributed by atoms with E-state index >= 15 is 0 Å². The number of hydrogen-bond donors (Lipinski definition) is 3. The predicted molar refractivity (Wildman–Crippen MR) is 308 cm³/mol. The number of rotatable bonds is 57. The summed E-state index contributed by atoms with van der Waals surface area (Å²) in [7, 11) is 0. The summed E-state index contributed by atoms with van der Waals surface area (Å²) in [5.74, 6) is -0.0731. The zero-order valence-electron chi connectivity index (χ0n) is 46.6. The normalized spacial score (nSPS) is 13.2. The first-order valence-corrected chi connectivity index (χ1v) is 31.0. The van der Waals surface area contributed by atoms with Gasteiger partial charge >= 0.3 is 0 Å². The fraction of sp³-hybridized carbons (Fsp3) is 0.831. The van der Waals surface area contributed by atoms with Crippen LogP contribution in [0.5, 0.6) is 0 Å². The molecule has 4 heteroatoms. The molecule has 2 atom stereocenters. The van der Waals surface area contributed by atoms with Crippen molar-refractivity contribution in [2.24, 2.45) is 0 Å². The number of carbonyl (C=O) groups is 1. The molecule has 3 N–H and O–H groups in total. The molecule has 2 unspecified atom stereocenters. The number of unbranched alkanes of at least 4 members (excludes halogenated alkanes) is 42. The molecular formula is C65H121NO3. The van der Waals surface area contributed by atoms with Crippen LogP contribution in [0, 0.1) is 0 Å². The molecule has 0 heterocycles. The molecule has 0 radical (unpaired) electrons. The van der Waals surface area contributed by atoms with Crippen molar-refractivity contribution in [3.05, 3.63) is 60.8 Å². The smallest absolute Gasteiger partial charge is 0.220 e. The maximum atomic E-state index is 12.5. The molecule has 0 rings (SSSR count). The SMILES string of the molecule is CCCCCCC/C=C\C/C=C\CCCCCCCCCCCCCCCCCCCCCCCCCCCC(=O)NC(CO)C(O)/C=C/CC/C=C/CC/C=C/CCCCCCCCCCCC. The summed E-state index contributed by atoms with van der Waals surface area (Å²) in [6.07, 6.45) is 85.6. The molecule has 0 aliphatic heterocycles. The first-order chi connectivity index (χ1) is 34.2. The molecule has 0 aromatic heterocycles. The summed E-state index contributed by atoms with van der Waals surface area (Å²) in [4.78, 5) is 12.5. The molecule has 0 aromatic rings. The van der Waals surface area contributed by atoms with Crippen LogP contribution in [0.25, 0.3) is 0 Å². The first kappa shape index (κ1) is 67.1. The van der Waals surface area contributed by atoms with E-state index in [1.165, 1.54) is 263 Å². The van der Waals surface area contributed by atoms with Gasteiger partial charge in [0.05, 0.1) is 18.8 Å². The molecule has 0 aromatic carbocycles. The van der Waals surface area contributed by atoms with Gasteiger partial charge in [0.2, 0.25) is 5.91 Å². The van der Waals surface area contributed by atoms with Crippen LogP contribution in [0.3, 0.4) is 0 Å². The average molecular weight is 965 g/mol. The van der Waals surface area contributed by atoms with Gasteiger partial charge in [-0.25, -0.2) is 0 Å². The van der Waals surface area contributed by atoms with Crippen LogP contribution in [-0.4, -0.2) is 34.9 Å². The summed E-state index contributed by atoms with van der Waals surface area (Å²) in [6.45, 7) is 4.31. The Hall–Kier alpha value is -1.91. The van der Waals surface area contributed by atoms with E-state index in [-0.39, 0.29) is 12.5 Å². The summed E-state index contributed by atoms with van der Waals surface area (Å²) in [6, 6.07) is -0.646. The van der Waals surface area contributed by atoms with Crippen LogP contribution in [0.1, 0.15) is 328 Å². The number of aliphatic hydroxyl groups is 2. The van der Waals surface area contributed by atoms with Crippen LogP contribution in [0.15, 0.2) is 60.8 Å². The second-order valence-electron chi connectivity index (χ2n) is 21.1. The van der Waals surface area contributed by atoms with Crippen molar-refractivity contribution >= 4 is 5.91 Å². The number of amides is 1. The lowest BCUT2D eigenvalue weighted by Gasteiger charge is -2.19. The summed E-state index contributed by atoms with van der Waals surface area (Å²) < 4.78 is 0. The molecule has 4 nitrogen and oxygen atoms in total. The van der Waals surface area contributed by atoms with Crippen LogP contribution in [-0.2, 0) is 4.79 Å². The van der Waals surface area contributed by atoms with Crippen LogP contribution >= 0.6 is 0 Å². The summed E-state index contributed by atoms with van der Waals surface area (Å²) in [5.41, 5.74) is 0. The minimum Gasteiger partial charge on any atom is -0.394 e. The number of nitrogens with one attached hydrogen (secondary N) is 1. The van der Waals surface area contributed by atoms with Gasteiger partial charge in [-0.05, 0) is 77.0 Å². The Balaban J connectivity index is 3.46. The van der Waals surface area contributed by atoms with Gasteiger partial charge in [-0.15, -0.1) is 0 Å².